The Balaban J connectivity index is 2.80. The second kappa shape index (κ2) is 3.68. The molecule has 7 heteroatoms. The minimum Gasteiger partial charge on any atom is -0.236 e. The maximum Gasteiger partial charge on any atom is 0.282 e. The molecule has 0 aromatic carbocycles. The summed E-state index contributed by atoms with van der Waals surface area (Å²) in [6.45, 7) is 1.71. The molecule has 0 N–H and O–H groups in total. The molecule has 0 amide bonds. The molecule has 0 aliphatic heterocycles. The topological polar surface area (TPSA) is 30.2 Å². The van der Waals surface area contributed by atoms with Gasteiger partial charge in [-0.15, -0.1) is 0 Å². The summed E-state index contributed by atoms with van der Waals surface area (Å²) in [5.74, 6) is 0. The molecule has 0 radical (unpaired) electrons. The fourth-order valence-electron chi connectivity index (χ4n) is 1.21. The standard InChI is InChI=1S/C8H5BrClF2N3/c1-3-6(9)15-5(7(10)13-3)2-4(14-15)8(11)12/h2,8H,1H3. The molecule has 0 saturated carbocycles. The van der Waals surface area contributed by atoms with Crippen LogP contribution >= 0.6 is 27.5 Å². The molecule has 15 heavy (non-hydrogen) atoms. The summed E-state index contributed by atoms with van der Waals surface area (Å²) in [7, 11) is 0. The van der Waals surface area contributed by atoms with Crippen molar-refractivity contribution in [2.45, 2.75) is 13.3 Å². The molecule has 0 fully saturated rings. The monoisotopic (exact) mass is 295 g/mol. The van der Waals surface area contributed by atoms with Crippen LogP contribution in [0.15, 0.2) is 10.7 Å². The number of aryl methyl sites for hydroxylation is 1. The summed E-state index contributed by atoms with van der Waals surface area (Å²) in [6.07, 6.45) is -2.62. The molecule has 2 heterocycles. The number of hydrogen-bond acceptors (Lipinski definition) is 2. The zero-order valence-corrected chi connectivity index (χ0v) is 9.85. The van der Waals surface area contributed by atoms with Crippen molar-refractivity contribution >= 4 is 33.0 Å². The number of rotatable bonds is 1. The summed E-state index contributed by atoms with van der Waals surface area (Å²) in [4.78, 5) is 3.99. The lowest BCUT2D eigenvalue weighted by atomic mass is 10.4. The van der Waals surface area contributed by atoms with Crippen LogP contribution in [0.3, 0.4) is 0 Å². The first-order chi connectivity index (χ1) is 7.00. The summed E-state index contributed by atoms with van der Waals surface area (Å²) >= 11 is 9.03. The first kappa shape index (κ1) is 10.8. The third-order valence-electron chi connectivity index (χ3n) is 1.91. The smallest absolute Gasteiger partial charge is 0.236 e. The molecule has 2 aromatic rings. The van der Waals surface area contributed by atoms with Crippen LogP contribution < -0.4 is 0 Å². The minimum atomic E-state index is -2.62. The van der Waals surface area contributed by atoms with Crippen LogP contribution in [0, 0.1) is 6.92 Å². The van der Waals surface area contributed by atoms with E-state index in [0.29, 0.717) is 15.8 Å². The van der Waals surface area contributed by atoms with E-state index < -0.39 is 6.43 Å². The number of alkyl halides is 2. The lowest BCUT2D eigenvalue weighted by Crippen LogP contribution is -1.97. The lowest BCUT2D eigenvalue weighted by molar-refractivity contribution is 0.145. The highest BCUT2D eigenvalue weighted by Crippen LogP contribution is 2.26. The molecule has 0 bridgehead atoms. The van der Waals surface area contributed by atoms with Crippen molar-refractivity contribution in [1.29, 1.82) is 0 Å². The number of hydrogen-bond donors (Lipinski definition) is 0. The van der Waals surface area contributed by atoms with Gasteiger partial charge in [0.1, 0.15) is 15.8 Å². The van der Waals surface area contributed by atoms with Gasteiger partial charge >= 0.3 is 0 Å². The summed E-state index contributed by atoms with van der Waals surface area (Å²) in [5, 5.41) is 3.89. The molecule has 0 unspecified atom stereocenters. The van der Waals surface area contributed by atoms with E-state index in [1.54, 1.807) is 6.92 Å². The van der Waals surface area contributed by atoms with Gasteiger partial charge in [-0.2, -0.15) is 5.10 Å². The quantitative estimate of drug-likeness (QED) is 0.807. The fourth-order valence-corrected chi connectivity index (χ4v) is 1.83. The van der Waals surface area contributed by atoms with E-state index in [1.807, 2.05) is 0 Å². The van der Waals surface area contributed by atoms with E-state index in [2.05, 4.69) is 26.0 Å². The van der Waals surface area contributed by atoms with Gasteiger partial charge in [-0.05, 0) is 28.9 Å². The Morgan fingerprint density at radius 1 is 1.53 bits per heavy atom. The zero-order chi connectivity index (χ0) is 11.2. The molecular formula is C8H5BrClF2N3. The van der Waals surface area contributed by atoms with Crippen molar-refractivity contribution < 1.29 is 8.78 Å². The highest BCUT2D eigenvalue weighted by atomic mass is 79.9. The second-order valence-corrected chi connectivity index (χ2v) is 4.05. The van der Waals surface area contributed by atoms with Crippen LogP contribution in [0.2, 0.25) is 5.15 Å². The van der Waals surface area contributed by atoms with Crippen LogP contribution in [0.4, 0.5) is 8.78 Å². The number of aromatic nitrogens is 3. The predicted octanol–water partition coefficient (Wildman–Crippen LogP) is 3.39. The van der Waals surface area contributed by atoms with Crippen LogP contribution in [0.1, 0.15) is 17.8 Å². The Labute approximate surface area is 97.2 Å². The van der Waals surface area contributed by atoms with Crippen molar-refractivity contribution in [3.63, 3.8) is 0 Å². The Morgan fingerprint density at radius 2 is 2.20 bits per heavy atom. The van der Waals surface area contributed by atoms with Gasteiger partial charge in [-0.1, -0.05) is 11.6 Å². The molecule has 0 aliphatic rings. The molecule has 3 nitrogen and oxygen atoms in total. The number of nitrogens with zero attached hydrogens (tertiary/aromatic N) is 3. The SMILES string of the molecule is Cc1nc(Cl)c2cc(C(F)F)nn2c1Br. The maximum atomic E-state index is 12.4. The molecule has 0 saturated heterocycles. The van der Waals surface area contributed by atoms with Gasteiger partial charge < -0.3 is 0 Å². The highest BCUT2D eigenvalue weighted by molar-refractivity contribution is 9.10. The average Bonchev–Trinajstić information content (AvgIpc) is 2.59. The Morgan fingerprint density at radius 3 is 2.80 bits per heavy atom. The van der Waals surface area contributed by atoms with Gasteiger partial charge in [0, 0.05) is 0 Å². The maximum absolute atomic E-state index is 12.4. The lowest BCUT2D eigenvalue weighted by Gasteiger charge is -2.01. The molecule has 2 aromatic heterocycles. The van der Waals surface area contributed by atoms with Gasteiger partial charge in [0.25, 0.3) is 6.43 Å². The largest absolute Gasteiger partial charge is 0.282 e. The van der Waals surface area contributed by atoms with Gasteiger partial charge in [0.15, 0.2) is 5.15 Å². The molecule has 0 atom stereocenters. The third kappa shape index (κ3) is 1.72. The van der Waals surface area contributed by atoms with Crippen LogP contribution in [0.25, 0.3) is 5.52 Å². The van der Waals surface area contributed by atoms with Crippen molar-refractivity contribution in [3.05, 3.63) is 27.2 Å². The second-order valence-electron chi connectivity index (χ2n) is 2.95. The van der Waals surface area contributed by atoms with Crippen LogP contribution in [-0.4, -0.2) is 14.6 Å². The zero-order valence-electron chi connectivity index (χ0n) is 7.51. The Hall–Kier alpha value is -0.750. The summed E-state index contributed by atoms with van der Waals surface area (Å²) < 4.78 is 26.7. The van der Waals surface area contributed by atoms with E-state index in [-0.39, 0.29) is 10.8 Å². The van der Waals surface area contributed by atoms with E-state index in [4.69, 9.17) is 11.6 Å². The van der Waals surface area contributed by atoms with E-state index in [1.165, 1.54) is 10.6 Å². The average molecular weight is 297 g/mol. The van der Waals surface area contributed by atoms with E-state index in [9.17, 15) is 8.78 Å². The van der Waals surface area contributed by atoms with E-state index in [0.717, 1.165) is 0 Å². The van der Waals surface area contributed by atoms with Crippen LogP contribution in [-0.2, 0) is 0 Å². The minimum absolute atomic E-state index is 0.162. The predicted molar refractivity (Wildman–Crippen MR) is 55.4 cm³/mol. The summed E-state index contributed by atoms with van der Waals surface area (Å²) in [6, 6.07) is 1.23. The Bertz CT molecular complexity index is 526. The van der Waals surface area contributed by atoms with Crippen molar-refractivity contribution in [2.75, 3.05) is 0 Å². The third-order valence-corrected chi connectivity index (χ3v) is 3.10. The molecule has 0 spiro atoms. The first-order valence-electron chi connectivity index (χ1n) is 4.00. The summed E-state index contributed by atoms with van der Waals surface area (Å²) in [5.41, 5.74) is 0.644. The van der Waals surface area contributed by atoms with Gasteiger partial charge in [0.2, 0.25) is 0 Å². The van der Waals surface area contributed by atoms with E-state index >= 15 is 0 Å². The van der Waals surface area contributed by atoms with Gasteiger partial charge in [-0.3, -0.25) is 0 Å². The molecule has 0 aliphatic carbocycles. The Kier molecular flexibility index (Phi) is 2.64. The van der Waals surface area contributed by atoms with Crippen molar-refractivity contribution in [2.24, 2.45) is 0 Å². The first-order valence-corrected chi connectivity index (χ1v) is 5.17. The van der Waals surface area contributed by atoms with Gasteiger partial charge in [0.05, 0.1) is 5.69 Å². The highest BCUT2D eigenvalue weighted by Gasteiger charge is 2.16. The van der Waals surface area contributed by atoms with Gasteiger partial charge in [-0.25, -0.2) is 18.3 Å². The molecular weight excluding hydrogens is 291 g/mol. The van der Waals surface area contributed by atoms with Crippen LogP contribution in [0.5, 0.6) is 0 Å². The number of fused-ring (bicyclic) bond motifs is 1. The number of halogens is 4. The van der Waals surface area contributed by atoms with Crippen molar-refractivity contribution in [3.8, 4) is 0 Å². The normalized spacial score (nSPS) is 11.6. The van der Waals surface area contributed by atoms with Crippen molar-refractivity contribution in [1.82, 2.24) is 14.6 Å². The molecule has 80 valence electrons. The molecule has 2 rings (SSSR count). The fraction of sp³-hybridized carbons (Fsp3) is 0.250.